The van der Waals surface area contributed by atoms with Crippen LogP contribution in [0.5, 0.6) is 0 Å². The Kier molecular flexibility index (Phi) is 7.12. The van der Waals surface area contributed by atoms with Crippen molar-refractivity contribution in [1.82, 2.24) is 0 Å². The predicted octanol–water partition coefficient (Wildman–Crippen LogP) is 2.63. The first-order chi connectivity index (χ1) is 7.88. The summed E-state index contributed by atoms with van der Waals surface area (Å²) in [6.45, 7) is 0. The van der Waals surface area contributed by atoms with E-state index in [2.05, 4.69) is 5.32 Å². The number of carbonyl (C=O) groups excluding carboxylic acids is 1. The van der Waals surface area contributed by atoms with Gasteiger partial charge in [0, 0.05) is 11.4 Å². The van der Waals surface area contributed by atoms with Crippen LogP contribution in [-0.4, -0.2) is 23.2 Å². The fourth-order valence-electron chi connectivity index (χ4n) is 1.02. The first kappa shape index (κ1) is 17.1. The number of alkyl halides is 3. The van der Waals surface area contributed by atoms with E-state index in [1.54, 1.807) is 30.3 Å². The van der Waals surface area contributed by atoms with Gasteiger partial charge in [-0.25, -0.2) is 0 Å². The molecular weight excluding hydrogens is 289 g/mol. The van der Waals surface area contributed by atoms with E-state index in [4.69, 9.17) is 5.73 Å². The lowest BCUT2D eigenvalue weighted by molar-refractivity contribution is -0.116. The topological polar surface area (TPSA) is 55.1 Å². The van der Waals surface area contributed by atoms with Gasteiger partial charge in [0.25, 0.3) is 0 Å². The molecule has 102 valence electrons. The van der Waals surface area contributed by atoms with Crippen molar-refractivity contribution in [2.45, 2.75) is 11.6 Å². The summed E-state index contributed by atoms with van der Waals surface area (Å²) in [6, 6.07) is 7.22. The van der Waals surface area contributed by atoms with Crippen molar-refractivity contribution in [2.75, 3.05) is 11.1 Å². The average Bonchev–Trinajstić information content (AvgIpc) is 2.26. The second kappa shape index (κ2) is 7.50. The van der Waals surface area contributed by atoms with Crippen LogP contribution in [0.4, 0.5) is 18.9 Å². The third-order valence-electron chi connectivity index (χ3n) is 1.80. The van der Waals surface area contributed by atoms with Gasteiger partial charge in [-0.2, -0.15) is 13.2 Å². The highest BCUT2D eigenvalue weighted by atomic mass is 35.5. The fourth-order valence-corrected chi connectivity index (χ4v) is 1.54. The van der Waals surface area contributed by atoms with E-state index in [9.17, 15) is 18.0 Å². The van der Waals surface area contributed by atoms with Gasteiger partial charge in [-0.3, -0.25) is 4.79 Å². The highest BCUT2D eigenvalue weighted by Crippen LogP contribution is 2.30. The second-order valence-electron chi connectivity index (χ2n) is 3.22. The molecular formula is C10H12ClF3N2OS. The Morgan fingerprint density at radius 3 is 2.39 bits per heavy atom. The Labute approximate surface area is 113 Å². The average molecular weight is 301 g/mol. The van der Waals surface area contributed by atoms with Crippen LogP contribution >= 0.6 is 24.2 Å². The Morgan fingerprint density at radius 1 is 1.33 bits per heavy atom. The second-order valence-corrected chi connectivity index (χ2v) is 4.30. The van der Waals surface area contributed by atoms with Crippen LogP contribution in [-0.2, 0) is 4.79 Å². The Balaban J connectivity index is 0.00000289. The van der Waals surface area contributed by atoms with Crippen molar-refractivity contribution < 1.29 is 18.0 Å². The minimum Gasteiger partial charge on any atom is -0.325 e. The molecule has 1 amide bonds. The maximum Gasteiger partial charge on any atom is 0.441 e. The number of rotatable bonds is 4. The fraction of sp³-hybridized carbons (Fsp3) is 0.300. The van der Waals surface area contributed by atoms with Crippen molar-refractivity contribution in [3.63, 3.8) is 0 Å². The number of anilines is 1. The largest absolute Gasteiger partial charge is 0.441 e. The van der Waals surface area contributed by atoms with Gasteiger partial charge in [0.05, 0.1) is 6.04 Å². The highest BCUT2D eigenvalue weighted by Gasteiger charge is 2.30. The van der Waals surface area contributed by atoms with Crippen molar-refractivity contribution in [1.29, 1.82) is 0 Å². The van der Waals surface area contributed by atoms with Gasteiger partial charge in [0.2, 0.25) is 5.91 Å². The molecule has 0 bridgehead atoms. The molecule has 0 heterocycles. The van der Waals surface area contributed by atoms with Gasteiger partial charge in [0.15, 0.2) is 0 Å². The monoisotopic (exact) mass is 300 g/mol. The van der Waals surface area contributed by atoms with Gasteiger partial charge in [0.1, 0.15) is 0 Å². The molecule has 1 aromatic carbocycles. The molecule has 0 spiro atoms. The minimum atomic E-state index is -4.37. The van der Waals surface area contributed by atoms with Crippen molar-refractivity contribution in [2.24, 2.45) is 5.73 Å². The zero-order chi connectivity index (χ0) is 12.9. The number of nitrogens with two attached hydrogens (primary N) is 1. The van der Waals surface area contributed by atoms with Crippen LogP contribution in [0.15, 0.2) is 30.3 Å². The number of amides is 1. The summed E-state index contributed by atoms with van der Waals surface area (Å²) >= 11 is -0.305. The van der Waals surface area contributed by atoms with E-state index in [-0.39, 0.29) is 24.2 Å². The van der Waals surface area contributed by atoms with E-state index >= 15 is 0 Å². The quantitative estimate of drug-likeness (QED) is 0.899. The number of carbonyl (C=O) groups is 1. The summed E-state index contributed by atoms with van der Waals surface area (Å²) in [5, 5.41) is 2.43. The first-order valence-electron chi connectivity index (χ1n) is 4.70. The highest BCUT2D eigenvalue weighted by molar-refractivity contribution is 8.00. The molecule has 0 aliphatic heterocycles. The molecule has 1 unspecified atom stereocenters. The Hall–Kier alpha value is -0.920. The standard InChI is InChI=1S/C10H11F3N2OS.ClH/c11-10(12,13)17-6-8(14)9(16)15-7-4-2-1-3-5-7;/h1-5,8H,6,14H2,(H,15,16);1H. The van der Waals surface area contributed by atoms with Crippen molar-refractivity contribution in [3.05, 3.63) is 30.3 Å². The lowest BCUT2D eigenvalue weighted by atomic mass is 10.3. The maximum atomic E-state index is 11.9. The van der Waals surface area contributed by atoms with E-state index in [1.165, 1.54) is 0 Å². The number of hydrogen-bond acceptors (Lipinski definition) is 3. The smallest absolute Gasteiger partial charge is 0.325 e. The number of benzene rings is 1. The van der Waals surface area contributed by atoms with Gasteiger partial charge in [-0.15, -0.1) is 12.4 Å². The number of para-hydroxylation sites is 1. The lowest BCUT2D eigenvalue weighted by Crippen LogP contribution is -2.38. The molecule has 0 aliphatic rings. The lowest BCUT2D eigenvalue weighted by Gasteiger charge is -2.12. The van der Waals surface area contributed by atoms with Crippen LogP contribution in [0.1, 0.15) is 0 Å². The number of halogens is 4. The van der Waals surface area contributed by atoms with Crippen molar-refractivity contribution >= 4 is 35.8 Å². The van der Waals surface area contributed by atoms with Gasteiger partial charge in [-0.05, 0) is 23.9 Å². The molecule has 1 atom stereocenters. The molecule has 0 fully saturated rings. The molecule has 3 N–H and O–H groups in total. The molecule has 8 heteroatoms. The molecule has 0 radical (unpaired) electrons. The van der Waals surface area contributed by atoms with Gasteiger partial charge >= 0.3 is 5.51 Å². The summed E-state index contributed by atoms with van der Waals surface area (Å²) in [5.74, 6) is -1.13. The number of thioether (sulfide) groups is 1. The molecule has 0 aliphatic carbocycles. The summed E-state index contributed by atoms with van der Waals surface area (Å²) in [4.78, 5) is 11.4. The van der Waals surface area contributed by atoms with E-state index in [0.29, 0.717) is 5.69 Å². The summed E-state index contributed by atoms with van der Waals surface area (Å²) in [7, 11) is 0. The third-order valence-corrected chi connectivity index (χ3v) is 2.66. The molecule has 0 aromatic heterocycles. The van der Waals surface area contributed by atoms with E-state index in [0.717, 1.165) is 0 Å². The predicted molar refractivity (Wildman–Crippen MR) is 68.8 cm³/mol. The summed E-state index contributed by atoms with van der Waals surface area (Å²) in [6.07, 6.45) is 0. The zero-order valence-electron chi connectivity index (χ0n) is 9.11. The molecule has 1 aromatic rings. The molecule has 3 nitrogen and oxygen atoms in total. The normalized spacial score (nSPS) is 12.4. The number of nitrogens with one attached hydrogen (secondary N) is 1. The summed E-state index contributed by atoms with van der Waals surface area (Å²) < 4.78 is 35.6. The SMILES string of the molecule is Cl.NC(CSC(F)(F)F)C(=O)Nc1ccccc1. The van der Waals surface area contributed by atoms with Gasteiger partial charge < -0.3 is 11.1 Å². The Morgan fingerprint density at radius 2 is 1.89 bits per heavy atom. The molecule has 18 heavy (non-hydrogen) atoms. The molecule has 1 rings (SSSR count). The number of hydrogen-bond donors (Lipinski definition) is 2. The Bertz CT molecular complexity index is 375. The van der Waals surface area contributed by atoms with Crippen LogP contribution in [0.3, 0.4) is 0 Å². The van der Waals surface area contributed by atoms with E-state index < -0.39 is 23.2 Å². The molecule has 0 saturated heterocycles. The minimum absolute atomic E-state index is 0. The van der Waals surface area contributed by atoms with E-state index in [1.807, 2.05) is 0 Å². The zero-order valence-corrected chi connectivity index (χ0v) is 10.7. The van der Waals surface area contributed by atoms with Crippen LogP contribution in [0, 0.1) is 0 Å². The van der Waals surface area contributed by atoms with Crippen LogP contribution in [0.25, 0.3) is 0 Å². The van der Waals surface area contributed by atoms with Gasteiger partial charge in [-0.1, -0.05) is 18.2 Å². The van der Waals surface area contributed by atoms with Crippen molar-refractivity contribution in [3.8, 4) is 0 Å². The summed E-state index contributed by atoms with van der Waals surface area (Å²) in [5.41, 5.74) is 1.47. The molecule has 0 saturated carbocycles. The van der Waals surface area contributed by atoms with Crippen LogP contribution < -0.4 is 11.1 Å². The third kappa shape index (κ3) is 6.73. The van der Waals surface area contributed by atoms with Crippen LogP contribution in [0.2, 0.25) is 0 Å². The first-order valence-corrected chi connectivity index (χ1v) is 5.69. The maximum absolute atomic E-state index is 11.9.